The second-order valence-corrected chi connectivity index (χ2v) is 7.20. The first-order chi connectivity index (χ1) is 11.8. The largest absolute Gasteiger partial charge is 0.505 e. The van der Waals surface area contributed by atoms with Crippen LogP contribution in [0.1, 0.15) is 11.1 Å². The third-order valence-electron chi connectivity index (χ3n) is 3.78. The fraction of sp³-hybridized carbons (Fsp3) is 0.111. The zero-order valence-corrected chi connectivity index (χ0v) is 14.4. The highest BCUT2D eigenvalue weighted by Crippen LogP contribution is 2.41. The van der Waals surface area contributed by atoms with Crippen molar-refractivity contribution in [3.63, 3.8) is 0 Å². The smallest absolute Gasteiger partial charge is 0.296 e. The molecule has 0 aliphatic rings. The average molecular weight is 356 g/mol. The van der Waals surface area contributed by atoms with Gasteiger partial charge in [-0.05, 0) is 37.4 Å². The molecular formula is C18H16N2O4S. The van der Waals surface area contributed by atoms with Gasteiger partial charge in [0.05, 0.1) is 5.69 Å². The lowest BCUT2D eigenvalue weighted by Gasteiger charge is -2.09. The first kappa shape index (κ1) is 17.1. The summed E-state index contributed by atoms with van der Waals surface area (Å²) in [6, 6.07) is 13.5. The summed E-state index contributed by atoms with van der Waals surface area (Å²) in [6.07, 6.45) is 0. The maximum Gasteiger partial charge on any atom is 0.296 e. The Morgan fingerprint density at radius 1 is 0.880 bits per heavy atom. The number of aryl methyl sites for hydroxylation is 2. The number of phenolic OH excluding ortho intramolecular Hbond substituents is 1. The zero-order valence-electron chi connectivity index (χ0n) is 13.6. The highest BCUT2D eigenvalue weighted by atomic mass is 32.2. The maximum absolute atomic E-state index is 11.7. The van der Waals surface area contributed by atoms with Gasteiger partial charge in [-0.15, -0.1) is 5.11 Å². The molecule has 0 fully saturated rings. The molecule has 0 aliphatic heterocycles. The Labute approximate surface area is 145 Å². The summed E-state index contributed by atoms with van der Waals surface area (Å²) in [5, 5.41) is 19.2. The normalized spacial score (nSPS) is 12.1. The van der Waals surface area contributed by atoms with E-state index in [-0.39, 0.29) is 11.4 Å². The van der Waals surface area contributed by atoms with Crippen LogP contribution in [-0.2, 0) is 10.1 Å². The molecule has 0 bridgehead atoms. The Morgan fingerprint density at radius 2 is 1.52 bits per heavy atom. The number of nitrogens with zero attached hydrogens (tertiary/aromatic N) is 2. The van der Waals surface area contributed by atoms with Crippen molar-refractivity contribution in [3.05, 3.63) is 59.7 Å². The number of phenols is 1. The lowest BCUT2D eigenvalue weighted by molar-refractivity contribution is 0.472. The van der Waals surface area contributed by atoms with Crippen molar-refractivity contribution in [3.8, 4) is 5.75 Å². The highest BCUT2D eigenvalue weighted by molar-refractivity contribution is 7.86. The minimum Gasteiger partial charge on any atom is -0.505 e. The Hall–Kier alpha value is -2.77. The van der Waals surface area contributed by atoms with E-state index in [1.807, 2.05) is 26.0 Å². The molecule has 0 saturated heterocycles. The molecule has 7 heteroatoms. The topological polar surface area (TPSA) is 99.3 Å². The summed E-state index contributed by atoms with van der Waals surface area (Å²) in [5.74, 6) is -0.346. The van der Waals surface area contributed by atoms with Crippen molar-refractivity contribution in [1.82, 2.24) is 0 Å². The Kier molecular flexibility index (Phi) is 4.28. The molecule has 3 aromatic carbocycles. The minimum absolute atomic E-state index is 0.292. The fourth-order valence-corrected chi connectivity index (χ4v) is 3.14. The van der Waals surface area contributed by atoms with E-state index in [2.05, 4.69) is 10.2 Å². The molecule has 25 heavy (non-hydrogen) atoms. The van der Waals surface area contributed by atoms with E-state index in [0.717, 1.165) is 11.1 Å². The van der Waals surface area contributed by atoms with Crippen LogP contribution >= 0.6 is 0 Å². The summed E-state index contributed by atoms with van der Waals surface area (Å²) < 4.78 is 33.0. The van der Waals surface area contributed by atoms with Gasteiger partial charge in [0.15, 0.2) is 5.75 Å². The summed E-state index contributed by atoms with van der Waals surface area (Å²) in [5.41, 5.74) is 2.14. The van der Waals surface area contributed by atoms with Crippen LogP contribution in [0.5, 0.6) is 5.75 Å². The van der Waals surface area contributed by atoms with E-state index >= 15 is 0 Å². The molecule has 6 nitrogen and oxygen atoms in total. The lowest BCUT2D eigenvalue weighted by atomic mass is 10.1. The molecule has 0 heterocycles. The van der Waals surface area contributed by atoms with Crippen LogP contribution in [0.15, 0.2) is 63.7 Å². The van der Waals surface area contributed by atoms with Crippen LogP contribution in [0, 0.1) is 13.8 Å². The fourth-order valence-electron chi connectivity index (χ4n) is 2.48. The molecule has 0 radical (unpaired) electrons. The predicted molar refractivity (Wildman–Crippen MR) is 95.5 cm³/mol. The molecule has 0 aromatic heterocycles. The second kappa shape index (κ2) is 6.27. The predicted octanol–water partition coefficient (Wildman–Crippen LogP) is 4.82. The lowest BCUT2D eigenvalue weighted by Crippen LogP contribution is -1.99. The second-order valence-electron chi connectivity index (χ2n) is 5.81. The molecule has 2 N–H and O–H groups in total. The summed E-state index contributed by atoms with van der Waals surface area (Å²) >= 11 is 0. The monoisotopic (exact) mass is 356 g/mol. The number of benzene rings is 3. The van der Waals surface area contributed by atoms with Gasteiger partial charge in [-0.25, -0.2) is 0 Å². The van der Waals surface area contributed by atoms with Gasteiger partial charge in [0.25, 0.3) is 10.1 Å². The quantitative estimate of drug-likeness (QED) is 0.519. The van der Waals surface area contributed by atoms with E-state index in [1.165, 1.54) is 6.07 Å². The van der Waals surface area contributed by atoms with E-state index in [1.54, 1.807) is 30.3 Å². The number of hydrogen-bond donors (Lipinski definition) is 2. The van der Waals surface area contributed by atoms with Crippen LogP contribution in [0.3, 0.4) is 0 Å². The molecule has 0 saturated carbocycles. The average Bonchev–Trinajstić information content (AvgIpc) is 2.54. The molecular weight excluding hydrogens is 340 g/mol. The molecule has 0 atom stereocenters. The van der Waals surface area contributed by atoms with E-state index in [4.69, 9.17) is 0 Å². The van der Waals surface area contributed by atoms with Crippen molar-refractivity contribution in [1.29, 1.82) is 0 Å². The molecule has 0 amide bonds. The van der Waals surface area contributed by atoms with Crippen LogP contribution in [0.2, 0.25) is 0 Å². The van der Waals surface area contributed by atoms with E-state index < -0.39 is 15.0 Å². The van der Waals surface area contributed by atoms with Crippen molar-refractivity contribution in [2.75, 3.05) is 0 Å². The van der Waals surface area contributed by atoms with Crippen LogP contribution in [0.4, 0.5) is 11.4 Å². The van der Waals surface area contributed by atoms with Gasteiger partial charge in [-0.3, -0.25) is 4.55 Å². The third kappa shape index (κ3) is 3.52. The standard InChI is InChI=1S/C18H16N2O4S/c1-11-3-6-14(7-4-11)19-20-17-16(25(22,23)24)10-13-9-12(2)5-8-15(13)18(17)21/h3-10,21H,1-2H3,(H,22,23,24). The Morgan fingerprint density at radius 3 is 2.16 bits per heavy atom. The van der Waals surface area contributed by atoms with Crippen molar-refractivity contribution >= 4 is 32.3 Å². The summed E-state index contributed by atoms with van der Waals surface area (Å²) in [7, 11) is -4.59. The van der Waals surface area contributed by atoms with Gasteiger partial charge in [-0.2, -0.15) is 13.5 Å². The number of hydrogen-bond acceptors (Lipinski definition) is 5. The SMILES string of the molecule is Cc1ccc(N=Nc2c(S(=O)(=O)O)cc3cc(C)ccc3c2O)cc1. The highest BCUT2D eigenvalue weighted by Gasteiger charge is 2.21. The Bertz CT molecular complexity index is 1090. The zero-order chi connectivity index (χ0) is 18.2. The molecule has 128 valence electrons. The summed E-state index contributed by atoms with van der Waals surface area (Å²) in [4.78, 5) is -0.487. The summed E-state index contributed by atoms with van der Waals surface area (Å²) in [6.45, 7) is 3.77. The number of rotatable bonds is 3. The molecule has 0 spiro atoms. The van der Waals surface area contributed by atoms with Gasteiger partial charge < -0.3 is 5.11 Å². The molecule has 3 aromatic rings. The Balaban J connectivity index is 2.23. The number of azo groups is 1. The van der Waals surface area contributed by atoms with Crippen molar-refractivity contribution in [2.45, 2.75) is 18.7 Å². The van der Waals surface area contributed by atoms with Crippen molar-refractivity contribution < 1.29 is 18.1 Å². The van der Waals surface area contributed by atoms with Crippen LogP contribution in [0.25, 0.3) is 10.8 Å². The van der Waals surface area contributed by atoms with Crippen LogP contribution < -0.4 is 0 Å². The molecule has 0 aliphatic carbocycles. The van der Waals surface area contributed by atoms with E-state index in [0.29, 0.717) is 16.5 Å². The first-order valence-electron chi connectivity index (χ1n) is 7.48. The van der Waals surface area contributed by atoms with E-state index in [9.17, 15) is 18.1 Å². The van der Waals surface area contributed by atoms with Gasteiger partial charge in [0.2, 0.25) is 0 Å². The van der Waals surface area contributed by atoms with Gasteiger partial charge in [0.1, 0.15) is 10.6 Å². The van der Waals surface area contributed by atoms with Gasteiger partial charge in [0, 0.05) is 5.39 Å². The van der Waals surface area contributed by atoms with Gasteiger partial charge in [-0.1, -0.05) is 41.5 Å². The number of aromatic hydroxyl groups is 1. The molecule has 0 unspecified atom stereocenters. The third-order valence-corrected chi connectivity index (χ3v) is 4.65. The number of fused-ring (bicyclic) bond motifs is 1. The molecule has 3 rings (SSSR count). The van der Waals surface area contributed by atoms with Gasteiger partial charge >= 0.3 is 0 Å². The minimum atomic E-state index is -4.59. The van der Waals surface area contributed by atoms with Crippen molar-refractivity contribution in [2.24, 2.45) is 10.2 Å². The van der Waals surface area contributed by atoms with Crippen LogP contribution in [-0.4, -0.2) is 18.1 Å². The maximum atomic E-state index is 11.7. The first-order valence-corrected chi connectivity index (χ1v) is 8.92.